The van der Waals surface area contributed by atoms with Gasteiger partial charge in [0.1, 0.15) is 11.4 Å². The first-order valence-corrected chi connectivity index (χ1v) is 8.38. The number of carbonyl (C=O) groups excluding carboxylic acids is 1. The first-order valence-electron chi connectivity index (χ1n) is 8.38. The van der Waals surface area contributed by atoms with Gasteiger partial charge in [-0.15, -0.1) is 0 Å². The van der Waals surface area contributed by atoms with Crippen molar-refractivity contribution in [1.82, 2.24) is 4.98 Å². The lowest BCUT2D eigenvalue weighted by Gasteiger charge is -2.28. The van der Waals surface area contributed by atoms with Crippen LogP contribution < -0.4 is 4.90 Å². The lowest BCUT2D eigenvalue weighted by Crippen LogP contribution is -2.41. The number of fused-ring (bicyclic) bond motifs is 1. The number of hydrogen-bond donors (Lipinski definition) is 0. The Balaban J connectivity index is 2.10. The maximum atomic E-state index is 12.6. The molecule has 1 aromatic heterocycles. The van der Waals surface area contributed by atoms with E-state index in [1.54, 1.807) is 11.1 Å². The number of hydrogen-bond acceptors (Lipinski definition) is 3. The van der Waals surface area contributed by atoms with Crippen molar-refractivity contribution in [2.24, 2.45) is 0 Å². The van der Waals surface area contributed by atoms with Crippen molar-refractivity contribution in [2.45, 2.75) is 77.9 Å². The molecule has 1 unspecified atom stereocenters. The normalized spacial score (nSPS) is 17.5. The van der Waals surface area contributed by atoms with Crippen LogP contribution in [0, 0.1) is 0 Å². The van der Waals surface area contributed by atoms with Gasteiger partial charge in [0.15, 0.2) is 0 Å². The third-order valence-electron chi connectivity index (χ3n) is 3.90. The molecule has 4 nitrogen and oxygen atoms in total. The smallest absolute Gasteiger partial charge is 0.416 e. The number of ether oxygens (including phenoxy) is 1. The van der Waals surface area contributed by atoms with Gasteiger partial charge in [-0.2, -0.15) is 0 Å². The molecule has 0 bridgehead atoms. The Morgan fingerprint density at radius 3 is 2.82 bits per heavy atom. The minimum absolute atomic E-state index is 0.177. The van der Waals surface area contributed by atoms with Crippen LogP contribution in [-0.4, -0.2) is 22.7 Å². The first-order chi connectivity index (χ1) is 10.4. The molecule has 22 heavy (non-hydrogen) atoms. The second kappa shape index (κ2) is 7.12. The Morgan fingerprint density at radius 2 is 2.14 bits per heavy atom. The second-order valence-electron chi connectivity index (χ2n) is 7.04. The van der Waals surface area contributed by atoms with Gasteiger partial charge in [-0.25, -0.2) is 9.78 Å². The fraction of sp³-hybridized carbons (Fsp3) is 0.667. The quantitative estimate of drug-likeness (QED) is 0.739. The van der Waals surface area contributed by atoms with Gasteiger partial charge < -0.3 is 4.74 Å². The summed E-state index contributed by atoms with van der Waals surface area (Å²) in [5, 5.41) is 0. The van der Waals surface area contributed by atoms with Crippen molar-refractivity contribution in [3.8, 4) is 0 Å². The highest BCUT2D eigenvalue weighted by Crippen LogP contribution is 2.33. The maximum Gasteiger partial charge on any atom is 0.416 e. The molecule has 1 aliphatic rings. The zero-order chi connectivity index (χ0) is 16.2. The van der Waals surface area contributed by atoms with Gasteiger partial charge in [0.05, 0.1) is 0 Å². The first kappa shape index (κ1) is 16.8. The molecule has 2 rings (SSSR count). The van der Waals surface area contributed by atoms with Gasteiger partial charge >= 0.3 is 6.09 Å². The molecule has 1 aliphatic heterocycles. The van der Waals surface area contributed by atoms with Gasteiger partial charge in [0.25, 0.3) is 0 Å². The van der Waals surface area contributed by atoms with Gasteiger partial charge in [0.2, 0.25) is 0 Å². The fourth-order valence-electron chi connectivity index (χ4n) is 2.91. The summed E-state index contributed by atoms with van der Waals surface area (Å²) < 4.78 is 5.58. The number of anilines is 1. The van der Waals surface area contributed by atoms with E-state index in [-0.39, 0.29) is 12.1 Å². The van der Waals surface area contributed by atoms with Gasteiger partial charge in [0, 0.05) is 12.2 Å². The summed E-state index contributed by atoms with van der Waals surface area (Å²) in [6, 6.07) is 4.17. The number of aromatic nitrogens is 1. The fourth-order valence-corrected chi connectivity index (χ4v) is 2.91. The highest BCUT2D eigenvalue weighted by Gasteiger charge is 2.36. The maximum absolute atomic E-state index is 12.6. The summed E-state index contributed by atoms with van der Waals surface area (Å²) in [7, 11) is 0. The minimum Gasteiger partial charge on any atom is -0.443 e. The number of rotatable bonds is 5. The molecular weight excluding hydrogens is 276 g/mol. The summed E-state index contributed by atoms with van der Waals surface area (Å²) in [4.78, 5) is 18.8. The van der Waals surface area contributed by atoms with Crippen molar-refractivity contribution < 1.29 is 9.53 Å². The molecule has 0 spiro atoms. The molecular formula is C18H28N2O2. The third-order valence-corrected chi connectivity index (χ3v) is 3.90. The molecule has 122 valence electrons. The van der Waals surface area contributed by atoms with Crippen molar-refractivity contribution in [3.63, 3.8) is 0 Å². The number of pyridine rings is 1. The molecule has 0 saturated carbocycles. The van der Waals surface area contributed by atoms with E-state index in [4.69, 9.17) is 4.74 Å². The van der Waals surface area contributed by atoms with Crippen LogP contribution in [0.25, 0.3) is 0 Å². The van der Waals surface area contributed by atoms with Crippen LogP contribution in [-0.2, 0) is 11.2 Å². The Morgan fingerprint density at radius 1 is 1.36 bits per heavy atom. The van der Waals surface area contributed by atoms with E-state index in [0.717, 1.165) is 30.6 Å². The molecule has 0 radical (unpaired) electrons. The lowest BCUT2D eigenvalue weighted by atomic mass is 10.0. The second-order valence-corrected chi connectivity index (χ2v) is 7.04. The van der Waals surface area contributed by atoms with Crippen molar-refractivity contribution in [1.29, 1.82) is 0 Å². The molecule has 0 aliphatic carbocycles. The van der Waals surface area contributed by atoms with Crippen molar-refractivity contribution in [3.05, 3.63) is 23.9 Å². The average molecular weight is 304 g/mol. The number of amides is 1. The molecule has 0 fully saturated rings. The number of carbonyl (C=O) groups is 1. The third kappa shape index (κ3) is 4.21. The summed E-state index contributed by atoms with van der Waals surface area (Å²) in [6.45, 7) is 7.91. The monoisotopic (exact) mass is 304 g/mol. The summed E-state index contributed by atoms with van der Waals surface area (Å²) in [5.74, 6) is 0.775. The van der Waals surface area contributed by atoms with E-state index in [2.05, 4.69) is 18.0 Å². The molecule has 1 amide bonds. The molecule has 0 aromatic carbocycles. The van der Waals surface area contributed by atoms with Gasteiger partial charge in [-0.3, -0.25) is 4.90 Å². The SMILES string of the molecule is CCCCCCC1Cc2cccnc2N1C(=O)OC(C)(C)C. The topological polar surface area (TPSA) is 42.4 Å². The van der Waals surface area contributed by atoms with Crippen LogP contribution in [0.2, 0.25) is 0 Å². The van der Waals surface area contributed by atoms with Crippen molar-refractivity contribution >= 4 is 11.9 Å². The summed E-state index contributed by atoms with van der Waals surface area (Å²) in [6.07, 6.45) is 8.21. The standard InChI is InChI=1S/C18H28N2O2/c1-5-6-7-8-11-15-13-14-10-9-12-19-16(14)20(15)17(21)22-18(2,3)4/h9-10,12,15H,5-8,11,13H2,1-4H3. The summed E-state index contributed by atoms with van der Waals surface area (Å²) in [5.41, 5.74) is 0.662. The minimum atomic E-state index is -0.485. The van der Waals surface area contributed by atoms with Gasteiger partial charge in [-0.05, 0) is 45.2 Å². The molecule has 0 N–H and O–H groups in total. The van der Waals surface area contributed by atoms with E-state index in [1.807, 2.05) is 26.8 Å². The predicted octanol–water partition coefficient (Wildman–Crippen LogP) is 4.72. The zero-order valence-electron chi connectivity index (χ0n) is 14.3. The predicted molar refractivity (Wildman–Crippen MR) is 89.2 cm³/mol. The van der Waals surface area contributed by atoms with E-state index >= 15 is 0 Å². The number of unbranched alkanes of at least 4 members (excludes halogenated alkanes) is 3. The Hall–Kier alpha value is -1.58. The lowest BCUT2D eigenvalue weighted by molar-refractivity contribution is 0.0567. The van der Waals surface area contributed by atoms with Crippen LogP contribution >= 0.6 is 0 Å². The van der Waals surface area contributed by atoms with Crippen molar-refractivity contribution in [2.75, 3.05) is 4.90 Å². The van der Waals surface area contributed by atoms with Crippen LogP contribution in [0.3, 0.4) is 0 Å². The molecule has 0 saturated heterocycles. The van der Waals surface area contributed by atoms with Crippen LogP contribution in [0.4, 0.5) is 10.6 Å². The van der Waals surface area contributed by atoms with E-state index < -0.39 is 5.60 Å². The van der Waals surface area contributed by atoms with E-state index in [9.17, 15) is 4.79 Å². The zero-order valence-corrected chi connectivity index (χ0v) is 14.3. The van der Waals surface area contributed by atoms with E-state index in [0.29, 0.717) is 0 Å². The van der Waals surface area contributed by atoms with Crippen LogP contribution in [0.5, 0.6) is 0 Å². The molecule has 2 heterocycles. The molecule has 4 heteroatoms. The molecule has 1 atom stereocenters. The Bertz CT molecular complexity index is 508. The van der Waals surface area contributed by atoms with Crippen LogP contribution in [0.1, 0.15) is 65.4 Å². The van der Waals surface area contributed by atoms with Crippen LogP contribution in [0.15, 0.2) is 18.3 Å². The average Bonchev–Trinajstić information content (AvgIpc) is 2.80. The highest BCUT2D eigenvalue weighted by molar-refractivity contribution is 5.90. The largest absolute Gasteiger partial charge is 0.443 e. The molecule has 1 aromatic rings. The Kier molecular flexibility index (Phi) is 5.43. The summed E-state index contributed by atoms with van der Waals surface area (Å²) >= 11 is 0. The number of nitrogens with zero attached hydrogens (tertiary/aromatic N) is 2. The van der Waals surface area contributed by atoms with Gasteiger partial charge in [-0.1, -0.05) is 38.7 Å². The Labute approximate surface area is 133 Å². The van der Waals surface area contributed by atoms with E-state index in [1.165, 1.54) is 19.3 Å². The highest BCUT2D eigenvalue weighted by atomic mass is 16.6.